The minimum absolute atomic E-state index is 0.0184. The standard InChI is InChI=1S/C24H34N6O6S2/c1-23(2,3)38(35,36)29-20-6-11-25-22(26-20)27-21(32)18-5-4-17(28-37(33,34)15-14-31)16-19(18)30-12-9-24(7-8-24)10-13-30/h4-6,11,16,28,31H,7-10,12-15H2,1-3H3,(H2,25,26,27,29,32). The second-order valence-electron chi connectivity index (χ2n) is 10.8. The highest BCUT2D eigenvalue weighted by Gasteiger charge is 2.44. The molecule has 0 radical (unpaired) electrons. The SMILES string of the molecule is CC(C)(C)S(=O)(=O)Nc1ccnc(NC(=O)c2ccc(NS(=O)(=O)CCO)cc2N2CCC3(CC2)CC3)n1. The van der Waals surface area contributed by atoms with Gasteiger partial charge in [0.05, 0.1) is 34.0 Å². The third kappa shape index (κ3) is 6.53. The fourth-order valence-corrected chi connectivity index (χ4v) is 5.76. The number of aliphatic hydroxyl groups excluding tert-OH is 1. The van der Waals surface area contributed by atoms with E-state index >= 15 is 0 Å². The number of hydrogen-bond acceptors (Lipinski definition) is 9. The van der Waals surface area contributed by atoms with Gasteiger partial charge in [-0.1, -0.05) is 0 Å². The summed E-state index contributed by atoms with van der Waals surface area (Å²) in [4.78, 5) is 23.6. The van der Waals surface area contributed by atoms with E-state index in [1.807, 2.05) is 0 Å². The highest BCUT2D eigenvalue weighted by molar-refractivity contribution is 7.94. The van der Waals surface area contributed by atoms with E-state index < -0.39 is 43.1 Å². The molecule has 0 unspecified atom stereocenters. The number of nitrogens with zero attached hydrogens (tertiary/aromatic N) is 3. The molecule has 38 heavy (non-hydrogen) atoms. The van der Waals surface area contributed by atoms with E-state index in [-0.39, 0.29) is 17.5 Å². The average Bonchev–Trinajstić information content (AvgIpc) is 3.57. The molecule has 1 spiro atoms. The number of piperidine rings is 1. The highest BCUT2D eigenvalue weighted by Crippen LogP contribution is 2.54. The summed E-state index contributed by atoms with van der Waals surface area (Å²) < 4.78 is 53.2. The van der Waals surface area contributed by atoms with Crippen LogP contribution in [0.4, 0.5) is 23.1 Å². The van der Waals surface area contributed by atoms with Crippen LogP contribution >= 0.6 is 0 Å². The van der Waals surface area contributed by atoms with Gasteiger partial charge in [0.25, 0.3) is 5.91 Å². The van der Waals surface area contributed by atoms with E-state index in [4.69, 9.17) is 5.11 Å². The lowest BCUT2D eigenvalue weighted by Crippen LogP contribution is -2.36. The van der Waals surface area contributed by atoms with Crippen molar-refractivity contribution in [3.63, 3.8) is 0 Å². The van der Waals surface area contributed by atoms with Crippen molar-refractivity contribution in [3.05, 3.63) is 36.0 Å². The first kappa shape index (κ1) is 28.0. The van der Waals surface area contributed by atoms with Gasteiger partial charge in [-0.3, -0.25) is 19.6 Å². The number of benzene rings is 1. The minimum Gasteiger partial charge on any atom is -0.395 e. The molecule has 2 aliphatic rings. The average molecular weight is 567 g/mol. The molecule has 2 heterocycles. The van der Waals surface area contributed by atoms with Gasteiger partial charge in [-0.05, 0) is 76.1 Å². The van der Waals surface area contributed by atoms with Crippen molar-refractivity contribution in [2.24, 2.45) is 5.41 Å². The smallest absolute Gasteiger partial charge is 0.260 e. The number of rotatable bonds is 9. The molecule has 2 fully saturated rings. The lowest BCUT2D eigenvalue weighted by atomic mass is 9.93. The zero-order chi connectivity index (χ0) is 27.8. The van der Waals surface area contributed by atoms with Gasteiger partial charge < -0.3 is 10.0 Å². The number of hydrogen-bond donors (Lipinski definition) is 4. The largest absolute Gasteiger partial charge is 0.395 e. The van der Waals surface area contributed by atoms with Crippen LogP contribution in [0.3, 0.4) is 0 Å². The lowest BCUT2D eigenvalue weighted by Gasteiger charge is -2.35. The molecule has 1 aliphatic carbocycles. The Bertz CT molecular complexity index is 1410. The van der Waals surface area contributed by atoms with Crippen molar-refractivity contribution in [2.75, 3.05) is 45.1 Å². The zero-order valence-corrected chi connectivity index (χ0v) is 23.3. The molecule has 208 valence electrons. The van der Waals surface area contributed by atoms with Gasteiger partial charge in [0.15, 0.2) is 0 Å². The summed E-state index contributed by atoms with van der Waals surface area (Å²) in [6.45, 7) is 5.61. The molecule has 4 N–H and O–H groups in total. The van der Waals surface area contributed by atoms with E-state index in [0.717, 1.165) is 25.9 Å². The van der Waals surface area contributed by atoms with Gasteiger partial charge in [-0.25, -0.2) is 21.8 Å². The Balaban J connectivity index is 1.59. The first-order valence-electron chi connectivity index (χ1n) is 12.4. The molecule has 1 saturated carbocycles. The van der Waals surface area contributed by atoms with Gasteiger partial charge in [0.2, 0.25) is 26.0 Å². The number of amides is 1. The molecule has 12 nitrogen and oxygen atoms in total. The second-order valence-corrected chi connectivity index (χ2v) is 15.1. The Hall–Kier alpha value is -2.97. The Morgan fingerprint density at radius 1 is 1.05 bits per heavy atom. The van der Waals surface area contributed by atoms with E-state index in [9.17, 15) is 21.6 Å². The van der Waals surface area contributed by atoms with Gasteiger partial charge in [-0.15, -0.1) is 0 Å². The number of aliphatic hydroxyl groups is 1. The van der Waals surface area contributed by atoms with Crippen LogP contribution in [0.15, 0.2) is 30.5 Å². The highest BCUT2D eigenvalue weighted by atomic mass is 32.2. The van der Waals surface area contributed by atoms with Gasteiger partial charge in [0, 0.05) is 19.3 Å². The number of carbonyl (C=O) groups is 1. The van der Waals surface area contributed by atoms with Crippen LogP contribution in [0.25, 0.3) is 0 Å². The fraction of sp³-hybridized carbons (Fsp3) is 0.542. The molecular weight excluding hydrogens is 532 g/mol. The maximum absolute atomic E-state index is 13.3. The third-order valence-electron chi connectivity index (χ3n) is 6.92. The summed E-state index contributed by atoms with van der Waals surface area (Å²) >= 11 is 0. The molecule has 1 saturated heterocycles. The predicted molar refractivity (Wildman–Crippen MR) is 146 cm³/mol. The molecule has 1 amide bonds. The molecule has 0 bridgehead atoms. The quantitative estimate of drug-likeness (QED) is 0.356. The Morgan fingerprint density at radius 3 is 2.34 bits per heavy atom. The summed E-state index contributed by atoms with van der Waals surface area (Å²) in [5.74, 6) is -1.03. The van der Waals surface area contributed by atoms with Crippen molar-refractivity contribution < 1.29 is 26.7 Å². The molecule has 4 rings (SSSR count). The van der Waals surface area contributed by atoms with Crippen LogP contribution < -0.4 is 19.7 Å². The monoisotopic (exact) mass is 566 g/mol. The first-order chi connectivity index (χ1) is 17.7. The Kier molecular flexibility index (Phi) is 7.60. The molecular formula is C24H34N6O6S2. The fourth-order valence-electron chi connectivity index (χ4n) is 4.23. The molecule has 1 aliphatic heterocycles. The Morgan fingerprint density at radius 2 is 1.74 bits per heavy atom. The maximum Gasteiger partial charge on any atom is 0.260 e. The predicted octanol–water partition coefficient (Wildman–Crippen LogP) is 2.38. The van der Waals surface area contributed by atoms with E-state index in [2.05, 4.69) is 29.6 Å². The normalized spacial score (nSPS) is 17.2. The molecule has 2 aromatic rings. The van der Waals surface area contributed by atoms with E-state index in [1.165, 1.54) is 37.2 Å². The van der Waals surface area contributed by atoms with Crippen LogP contribution in [0.1, 0.15) is 56.8 Å². The van der Waals surface area contributed by atoms with Crippen LogP contribution in [0.2, 0.25) is 0 Å². The number of sulfonamides is 2. The van der Waals surface area contributed by atoms with Crippen molar-refractivity contribution in [3.8, 4) is 0 Å². The second kappa shape index (κ2) is 10.3. The first-order valence-corrected chi connectivity index (χ1v) is 15.5. The van der Waals surface area contributed by atoms with Gasteiger partial charge in [-0.2, -0.15) is 4.98 Å². The topological polar surface area (TPSA) is 171 Å². The maximum atomic E-state index is 13.3. The van der Waals surface area contributed by atoms with Crippen LogP contribution in [0, 0.1) is 5.41 Å². The number of anilines is 4. The van der Waals surface area contributed by atoms with Gasteiger partial charge in [0.1, 0.15) is 5.82 Å². The van der Waals surface area contributed by atoms with Crippen molar-refractivity contribution in [1.82, 2.24) is 9.97 Å². The summed E-state index contributed by atoms with van der Waals surface area (Å²) in [5, 5.41) is 11.7. The minimum atomic E-state index is -3.75. The number of carbonyl (C=O) groups excluding carboxylic acids is 1. The zero-order valence-electron chi connectivity index (χ0n) is 21.7. The molecule has 1 aromatic heterocycles. The van der Waals surface area contributed by atoms with Gasteiger partial charge >= 0.3 is 0 Å². The lowest BCUT2D eigenvalue weighted by molar-refractivity contribution is 0.102. The number of aromatic nitrogens is 2. The van der Waals surface area contributed by atoms with Crippen molar-refractivity contribution in [1.29, 1.82) is 0 Å². The van der Waals surface area contributed by atoms with Crippen LogP contribution in [-0.4, -0.2) is 68.0 Å². The Labute approximate surface area is 223 Å². The number of nitrogens with one attached hydrogen (secondary N) is 3. The van der Waals surface area contributed by atoms with Crippen molar-refractivity contribution in [2.45, 2.75) is 51.2 Å². The summed E-state index contributed by atoms with van der Waals surface area (Å²) in [7, 11) is -7.48. The van der Waals surface area contributed by atoms with Crippen LogP contribution in [-0.2, 0) is 20.0 Å². The van der Waals surface area contributed by atoms with Crippen LogP contribution in [0.5, 0.6) is 0 Å². The summed E-state index contributed by atoms with van der Waals surface area (Å²) in [6.07, 6.45) is 5.74. The van der Waals surface area contributed by atoms with E-state index in [0.29, 0.717) is 16.7 Å². The summed E-state index contributed by atoms with van der Waals surface area (Å²) in [5.41, 5.74) is 1.54. The third-order valence-corrected chi connectivity index (χ3v) is 10.3. The molecule has 1 aromatic carbocycles. The van der Waals surface area contributed by atoms with Crippen molar-refractivity contribution >= 4 is 49.1 Å². The molecule has 0 atom stereocenters. The van der Waals surface area contributed by atoms with E-state index in [1.54, 1.807) is 26.8 Å². The summed E-state index contributed by atoms with van der Waals surface area (Å²) in [6, 6.07) is 6.01. The molecule has 14 heteroatoms.